The number of nitrogens with one attached hydrogen (secondary N) is 1. The van der Waals surface area contributed by atoms with Gasteiger partial charge in [-0.25, -0.2) is 0 Å². The standard InChI is InChI=1S/C26H36N2O4/c1-2-31-22-3-5-23(6-4-22)32-17-24(29)27-21-7-9-28(10-8-21)25(30)26-14-18-11-19(15-26)13-20(12-18)16-26/h3-6,18-21H,2,7-17H2,1H3,(H,27,29). The highest BCUT2D eigenvalue weighted by atomic mass is 16.5. The predicted molar refractivity (Wildman–Crippen MR) is 121 cm³/mol. The second-order valence-electron chi connectivity index (χ2n) is 10.5. The molecule has 5 fully saturated rings. The summed E-state index contributed by atoms with van der Waals surface area (Å²) < 4.78 is 11.0. The molecule has 5 aliphatic rings. The van der Waals surface area contributed by atoms with Crippen LogP contribution >= 0.6 is 0 Å². The van der Waals surface area contributed by atoms with E-state index < -0.39 is 0 Å². The van der Waals surface area contributed by atoms with Crippen molar-refractivity contribution in [2.75, 3.05) is 26.3 Å². The molecule has 32 heavy (non-hydrogen) atoms. The number of hydrogen-bond acceptors (Lipinski definition) is 4. The minimum Gasteiger partial charge on any atom is -0.494 e. The first kappa shape index (κ1) is 21.6. The van der Waals surface area contributed by atoms with Gasteiger partial charge < -0.3 is 19.7 Å². The molecule has 2 amide bonds. The van der Waals surface area contributed by atoms with Crippen LogP contribution in [0.15, 0.2) is 24.3 Å². The molecule has 174 valence electrons. The van der Waals surface area contributed by atoms with E-state index >= 15 is 0 Å². The van der Waals surface area contributed by atoms with E-state index in [0.29, 0.717) is 18.3 Å². The first-order chi connectivity index (χ1) is 15.5. The molecule has 1 aliphatic heterocycles. The largest absolute Gasteiger partial charge is 0.494 e. The Hall–Kier alpha value is -2.24. The SMILES string of the molecule is CCOc1ccc(OCC(=O)NC2CCN(C(=O)C34CC5CC(CC(C5)C3)C4)CC2)cc1. The molecule has 0 unspecified atom stereocenters. The van der Waals surface area contributed by atoms with Crippen LogP contribution in [0.2, 0.25) is 0 Å². The van der Waals surface area contributed by atoms with Crippen LogP contribution < -0.4 is 14.8 Å². The van der Waals surface area contributed by atoms with E-state index in [1.165, 1.54) is 19.3 Å². The molecule has 0 spiro atoms. The van der Waals surface area contributed by atoms with Gasteiger partial charge >= 0.3 is 0 Å². The number of nitrogens with zero attached hydrogens (tertiary/aromatic N) is 1. The van der Waals surface area contributed by atoms with Gasteiger partial charge in [0.1, 0.15) is 11.5 Å². The lowest BCUT2D eigenvalue weighted by Gasteiger charge is -2.57. The van der Waals surface area contributed by atoms with Gasteiger partial charge in [0.15, 0.2) is 6.61 Å². The third-order valence-electron chi connectivity index (χ3n) is 8.14. The van der Waals surface area contributed by atoms with E-state index in [0.717, 1.165) is 68.7 Å². The van der Waals surface area contributed by atoms with Crippen molar-refractivity contribution in [1.29, 1.82) is 0 Å². The van der Waals surface area contributed by atoms with Crippen LogP contribution in [0.25, 0.3) is 0 Å². The molecular formula is C26H36N2O4. The summed E-state index contributed by atoms with van der Waals surface area (Å²) in [5.74, 6) is 4.12. The summed E-state index contributed by atoms with van der Waals surface area (Å²) in [5.41, 5.74) is -0.0591. The number of piperidine rings is 1. The molecule has 1 heterocycles. The maximum Gasteiger partial charge on any atom is 0.258 e. The van der Waals surface area contributed by atoms with Gasteiger partial charge in [0.25, 0.3) is 5.91 Å². The highest BCUT2D eigenvalue weighted by Gasteiger charge is 2.55. The Bertz CT molecular complexity index is 793. The molecule has 4 aliphatic carbocycles. The van der Waals surface area contributed by atoms with Crippen LogP contribution in [-0.4, -0.2) is 49.1 Å². The van der Waals surface area contributed by atoms with E-state index in [1.54, 1.807) is 0 Å². The fourth-order valence-electron chi connectivity index (χ4n) is 7.15. The zero-order valence-electron chi connectivity index (χ0n) is 19.2. The molecule has 4 saturated carbocycles. The summed E-state index contributed by atoms with van der Waals surface area (Å²) in [6.07, 6.45) is 9.10. The highest BCUT2D eigenvalue weighted by molar-refractivity contribution is 5.83. The normalized spacial score (nSPS) is 31.4. The fourth-order valence-corrected chi connectivity index (χ4v) is 7.15. The molecule has 6 nitrogen and oxygen atoms in total. The summed E-state index contributed by atoms with van der Waals surface area (Å²) in [6, 6.07) is 7.42. The van der Waals surface area contributed by atoms with Crippen molar-refractivity contribution in [1.82, 2.24) is 10.2 Å². The van der Waals surface area contributed by atoms with Crippen LogP contribution in [0.5, 0.6) is 11.5 Å². The summed E-state index contributed by atoms with van der Waals surface area (Å²) in [7, 11) is 0. The molecular weight excluding hydrogens is 404 g/mol. The average molecular weight is 441 g/mol. The summed E-state index contributed by atoms with van der Waals surface area (Å²) in [5, 5.41) is 3.09. The zero-order valence-corrected chi connectivity index (χ0v) is 19.2. The van der Waals surface area contributed by atoms with Crippen molar-refractivity contribution in [2.24, 2.45) is 23.2 Å². The Kier molecular flexibility index (Phi) is 6.04. The summed E-state index contributed by atoms with van der Waals surface area (Å²) in [4.78, 5) is 28.0. The second-order valence-corrected chi connectivity index (χ2v) is 10.5. The Labute approximate surface area is 191 Å². The topological polar surface area (TPSA) is 67.9 Å². The third kappa shape index (κ3) is 4.46. The van der Waals surface area contributed by atoms with Gasteiger partial charge in [-0.2, -0.15) is 0 Å². The molecule has 1 saturated heterocycles. The Morgan fingerprint density at radius 1 is 0.938 bits per heavy atom. The Morgan fingerprint density at radius 3 is 2.00 bits per heavy atom. The number of carbonyl (C=O) groups excluding carboxylic acids is 2. The van der Waals surface area contributed by atoms with Crippen LogP contribution in [-0.2, 0) is 9.59 Å². The van der Waals surface area contributed by atoms with Crippen LogP contribution in [0.3, 0.4) is 0 Å². The van der Waals surface area contributed by atoms with E-state index in [1.807, 2.05) is 31.2 Å². The van der Waals surface area contributed by atoms with Crippen molar-refractivity contribution in [3.8, 4) is 11.5 Å². The van der Waals surface area contributed by atoms with Crippen molar-refractivity contribution in [3.63, 3.8) is 0 Å². The molecule has 4 bridgehead atoms. The van der Waals surface area contributed by atoms with Gasteiger partial charge in [-0.1, -0.05) is 0 Å². The minimum atomic E-state index is -0.107. The lowest BCUT2D eigenvalue weighted by molar-refractivity contribution is -0.158. The first-order valence-electron chi connectivity index (χ1n) is 12.5. The van der Waals surface area contributed by atoms with Crippen molar-refractivity contribution in [2.45, 2.75) is 64.3 Å². The van der Waals surface area contributed by atoms with Crippen LogP contribution in [0.4, 0.5) is 0 Å². The third-order valence-corrected chi connectivity index (χ3v) is 8.14. The number of amides is 2. The van der Waals surface area contributed by atoms with Gasteiger partial charge in [0.05, 0.1) is 12.0 Å². The number of ether oxygens (including phenoxy) is 2. The molecule has 0 aromatic heterocycles. The Morgan fingerprint density at radius 2 is 1.47 bits per heavy atom. The lowest BCUT2D eigenvalue weighted by Crippen LogP contribution is -2.57. The molecule has 1 N–H and O–H groups in total. The quantitative estimate of drug-likeness (QED) is 0.701. The fraction of sp³-hybridized carbons (Fsp3) is 0.692. The van der Waals surface area contributed by atoms with Crippen molar-refractivity contribution in [3.05, 3.63) is 24.3 Å². The second kappa shape index (κ2) is 8.95. The minimum absolute atomic E-state index is 0.000400. The van der Waals surface area contributed by atoms with E-state index in [-0.39, 0.29) is 24.0 Å². The van der Waals surface area contributed by atoms with E-state index in [2.05, 4.69) is 10.2 Å². The average Bonchev–Trinajstić information content (AvgIpc) is 2.78. The van der Waals surface area contributed by atoms with Crippen LogP contribution in [0.1, 0.15) is 58.3 Å². The number of carbonyl (C=O) groups is 2. The van der Waals surface area contributed by atoms with Gasteiger partial charge in [-0.3, -0.25) is 9.59 Å². The zero-order chi connectivity index (χ0) is 22.1. The summed E-state index contributed by atoms with van der Waals surface area (Å²) >= 11 is 0. The van der Waals surface area contributed by atoms with Gasteiger partial charge in [-0.15, -0.1) is 0 Å². The first-order valence-corrected chi connectivity index (χ1v) is 12.5. The molecule has 6 heteroatoms. The summed E-state index contributed by atoms with van der Waals surface area (Å²) in [6.45, 7) is 4.07. The van der Waals surface area contributed by atoms with Gasteiger partial charge in [0.2, 0.25) is 5.91 Å². The smallest absolute Gasteiger partial charge is 0.258 e. The molecule has 1 aromatic rings. The number of benzene rings is 1. The Balaban J connectivity index is 1.07. The number of hydrogen-bond donors (Lipinski definition) is 1. The maximum absolute atomic E-state index is 13.5. The van der Waals surface area contributed by atoms with Gasteiger partial charge in [-0.05, 0) is 100 Å². The van der Waals surface area contributed by atoms with Crippen molar-refractivity contribution < 1.29 is 19.1 Å². The monoisotopic (exact) mass is 440 g/mol. The number of likely N-dealkylation sites (tertiary alicyclic amines) is 1. The van der Waals surface area contributed by atoms with E-state index in [4.69, 9.17) is 9.47 Å². The molecule has 6 rings (SSSR count). The highest BCUT2D eigenvalue weighted by Crippen LogP contribution is 2.60. The van der Waals surface area contributed by atoms with Crippen LogP contribution in [0, 0.1) is 23.2 Å². The molecule has 0 atom stereocenters. The maximum atomic E-state index is 13.5. The van der Waals surface area contributed by atoms with Crippen molar-refractivity contribution >= 4 is 11.8 Å². The number of rotatable bonds is 7. The molecule has 0 radical (unpaired) electrons. The molecule has 1 aromatic carbocycles. The van der Waals surface area contributed by atoms with E-state index in [9.17, 15) is 9.59 Å². The predicted octanol–water partition coefficient (Wildman–Crippen LogP) is 3.79. The van der Waals surface area contributed by atoms with Gasteiger partial charge in [0, 0.05) is 19.1 Å². The lowest BCUT2D eigenvalue weighted by atomic mass is 9.49.